The van der Waals surface area contributed by atoms with Gasteiger partial charge in [-0.15, -0.1) is 0 Å². The van der Waals surface area contributed by atoms with E-state index in [0.717, 1.165) is 66.6 Å². The first-order valence-electron chi connectivity index (χ1n) is 21.5. The van der Waals surface area contributed by atoms with Crippen LogP contribution in [0, 0.1) is 19.8 Å². The van der Waals surface area contributed by atoms with Crippen LogP contribution in [0.25, 0.3) is 21.5 Å². The lowest BCUT2D eigenvalue weighted by atomic mass is 9.84. The van der Waals surface area contributed by atoms with E-state index < -0.39 is 26.2 Å². The molecule has 0 fully saturated rings. The molecule has 1 atom stereocenters. The van der Waals surface area contributed by atoms with Gasteiger partial charge in [-0.1, -0.05) is 96.5 Å². The third-order valence-electron chi connectivity index (χ3n) is 11.8. The Bertz CT molecular complexity index is 2900. The number of rotatable bonds is 18. The van der Waals surface area contributed by atoms with Gasteiger partial charge in [0.25, 0.3) is 20.2 Å². The predicted molar refractivity (Wildman–Crippen MR) is 263 cm³/mol. The molecule has 0 heterocycles. The maximum absolute atomic E-state index is 14.0. The Labute approximate surface area is 382 Å². The molecule has 1 aliphatic carbocycles. The largest absolute Gasteiger partial charge is 0.345 e. The number of halogens is 1. The van der Waals surface area contributed by atoms with Crippen molar-refractivity contribution in [3.8, 4) is 0 Å². The highest BCUT2D eigenvalue weighted by atomic mass is 35.5. The number of anilines is 2. The molecule has 0 bridgehead atoms. The summed E-state index contributed by atoms with van der Waals surface area (Å²) in [5.41, 5.74) is 8.13. The zero-order valence-corrected chi connectivity index (χ0v) is 39.2. The first-order chi connectivity index (χ1) is 30.5. The van der Waals surface area contributed by atoms with Crippen LogP contribution < -0.4 is 10.2 Å². The molecule has 3 N–H and O–H groups in total. The summed E-state index contributed by atoms with van der Waals surface area (Å²) in [5, 5.41) is 8.06. The quantitative estimate of drug-likeness (QED) is 0.0341. The van der Waals surface area contributed by atoms with Crippen LogP contribution in [0.4, 0.5) is 17.1 Å². The van der Waals surface area contributed by atoms with E-state index in [1.807, 2.05) is 92.7 Å². The Morgan fingerprint density at radius 1 is 0.766 bits per heavy atom. The summed E-state index contributed by atoms with van der Waals surface area (Å²) in [7, 11) is -8.19. The second-order valence-electron chi connectivity index (χ2n) is 16.4. The molecule has 1 amide bonds. The average Bonchev–Trinajstić information content (AvgIpc) is 3.26. The van der Waals surface area contributed by atoms with Crippen molar-refractivity contribution >= 4 is 82.1 Å². The van der Waals surface area contributed by atoms with Crippen molar-refractivity contribution in [2.75, 3.05) is 34.8 Å². The molecular weight excluding hydrogens is 866 g/mol. The fraction of sp³-hybridized carbons (Fsp3) is 0.294. The third kappa shape index (κ3) is 12.9. The molecule has 0 saturated heterocycles. The van der Waals surface area contributed by atoms with Gasteiger partial charge in [0.2, 0.25) is 11.6 Å². The first kappa shape index (κ1) is 48.1. The molecule has 13 heteroatoms. The lowest BCUT2D eigenvalue weighted by Gasteiger charge is -2.28. The van der Waals surface area contributed by atoms with E-state index >= 15 is 0 Å². The van der Waals surface area contributed by atoms with E-state index in [2.05, 4.69) is 77.2 Å². The first-order valence-corrected chi connectivity index (χ1v) is 25.1. The van der Waals surface area contributed by atoms with E-state index in [4.69, 9.17) is 11.6 Å². The van der Waals surface area contributed by atoms with Gasteiger partial charge < -0.3 is 10.2 Å². The predicted octanol–water partition coefficient (Wildman–Crippen LogP) is 11.5. The number of allylic oxidation sites excluding steroid dienone is 8. The number of para-hydroxylation sites is 1. The second-order valence-corrected chi connectivity index (χ2v) is 19.9. The van der Waals surface area contributed by atoms with Gasteiger partial charge in [0, 0.05) is 65.6 Å². The monoisotopic (exact) mass is 922 g/mol. The average molecular weight is 924 g/mol. The van der Waals surface area contributed by atoms with Crippen molar-refractivity contribution in [3.05, 3.63) is 160 Å². The molecule has 10 nitrogen and oxygen atoms in total. The standard InChI is InChI=1S/C51H56ClN3O7S2/c1-36(54(30-12-14-32-63(57,58)59)48-28-26-40-16-8-10-20-46(40)38(48)3)22-24-42-34-44(51(56)53-45-18-6-5-7-19-45)35-43(50(42)52)25-23-37(2)55(31-13-15-33-64(60,61)62)49-29-27-41-17-9-11-21-47(41)39(49)4/h5-11,16-29,44H,12-15,30-35H2,1-4H3,(H2-,53,56,57,58,59,60,61,62)/p+1. The maximum atomic E-state index is 14.0. The summed E-state index contributed by atoms with van der Waals surface area (Å²) in [6, 6.07) is 33.9. The fourth-order valence-electron chi connectivity index (χ4n) is 8.34. The zero-order valence-electron chi connectivity index (χ0n) is 36.8. The van der Waals surface area contributed by atoms with E-state index in [1.165, 1.54) is 0 Å². The lowest BCUT2D eigenvalue weighted by Crippen LogP contribution is -2.26. The van der Waals surface area contributed by atoms with Crippen LogP contribution in [0.2, 0.25) is 0 Å². The fourth-order valence-corrected chi connectivity index (χ4v) is 9.76. The van der Waals surface area contributed by atoms with Crippen LogP contribution in [0.5, 0.6) is 0 Å². The molecule has 0 radical (unpaired) electrons. The van der Waals surface area contributed by atoms with Gasteiger partial charge in [-0.2, -0.15) is 21.4 Å². The number of carbonyl (C=O) groups excluding carboxylic acids is 1. The molecule has 1 aliphatic rings. The lowest BCUT2D eigenvalue weighted by molar-refractivity contribution is -0.441. The number of nitrogens with zero attached hydrogens (tertiary/aromatic N) is 2. The van der Waals surface area contributed by atoms with E-state index in [-0.39, 0.29) is 30.3 Å². The SMILES string of the molecule is CC(/C=C/C1=C(Cl)C(=C/C=C(\C)N(CCCCS(=O)(=O)O)c2ccc3ccccc3c2C)/CC(C(=O)Nc2ccccc2)C1)=[N+](CCCCS(=O)(=O)O)c1ccc2ccccc2c1C. The number of unbranched alkanes of at least 4 members (excludes halogenated alkanes) is 2. The number of amides is 1. The van der Waals surface area contributed by atoms with Crippen molar-refractivity contribution < 1.29 is 35.3 Å². The van der Waals surface area contributed by atoms with Crippen molar-refractivity contribution in [3.63, 3.8) is 0 Å². The van der Waals surface area contributed by atoms with Crippen LogP contribution in [-0.4, -0.2) is 66.7 Å². The summed E-state index contributed by atoms with van der Waals surface area (Å²) in [6.45, 7) is 9.13. The van der Waals surface area contributed by atoms with E-state index in [9.17, 15) is 30.7 Å². The number of hydrogen-bond acceptors (Lipinski definition) is 6. The van der Waals surface area contributed by atoms with Gasteiger partial charge in [0.05, 0.1) is 11.5 Å². The minimum atomic E-state index is -4.10. The summed E-state index contributed by atoms with van der Waals surface area (Å²) in [5.74, 6) is -1.22. The summed E-state index contributed by atoms with van der Waals surface area (Å²) in [6.07, 6.45) is 10.3. The van der Waals surface area contributed by atoms with Crippen LogP contribution in [0.3, 0.4) is 0 Å². The van der Waals surface area contributed by atoms with Gasteiger partial charge >= 0.3 is 0 Å². The molecule has 6 rings (SSSR count). The summed E-state index contributed by atoms with van der Waals surface area (Å²) < 4.78 is 67.2. The van der Waals surface area contributed by atoms with Crippen LogP contribution >= 0.6 is 11.6 Å². The number of hydrogen-bond donors (Lipinski definition) is 3. The molecule has 0 aliphatic heterocycles. The van der Waals surface area contributed by atoms with Crippen molar-refractivity contribution in [1.82, 2.24) is 0 Å². The highest BCUT2D eigenvalue weighted by Gasteiger charge is 2.29. The molecular formula is C51H57ClN3O7S2+. The molecule has 5 aromatic carbocycles. The number of fused-ring (bicyclic) bond motifs is 2. The van der Waals surface area contributed by atoms with Gasteiger partial charge in [-0.05, 0) is 121 Å². The highest BCUT2D eigenvalue weighted by Crippen LogP contribution is 2.38. The molecule has 0 aromatic heterocycles. The number of nitrogens with one attached hydrogen (secondary N) is 1. The number of carbonyl (C=O) groups is 1. The van der Waals surface area contributed by atoms with Crippen molar-refractivity contribution in [2.24, 2.45) is 5.92 Å². The van der Waals surface area contributed by atoms with Gasteiger partial charge in [0.15, 0.2) is 5.71 Å². The van der Waals surface area contributed by atoms with E-state index in [1.54, 1.807) is 0 Å². The molecule has 64 heavy (non-hydrogen) atoms. The maximum Gasteiger partial charge on any atom is 0.264 e. The Morgan fingerprint density at radius 2 is 1.36 bits per heavy atom. The van der Waals surface area contributed by atoms with Gasteiger partial charge in [-0.25, -0.2) is 0 Å². The Kier molecular flexibility index (Phi) is 16.2. The molecule has 0 spiro atoms. The Balaban J connectivity index is 1.39. The normalized spacial score (nSPS) is 16.2. The number of aryl methyl sites for hydroxylation is 2. The summed E-state index contributed by atoms with van der Waals surface area (Å²) in [4.78, 5) is 16.1. The topological polar surface area (TPSA) is 144 Å². The smallest absolute Gasteiger partial charge is 0.264 e. The van der Waals surface area contributed by atoms with Crippen LogP contribution in [0.15, 0.2) is 149 Å². The highest BCUT2D eigenvalue weighted by molar-refractivity contribution is 7.86. The molecule has 1 unspecified atom stereocenters. The Morgan fingerprint density at radius 3 is 2.02 bits per heavy atom. The van der Waals surface area contributed by atoms with Crippen molar-refractivity contribution in [2.45, 2.75) is 66.2 Å². The molecule has 336 valence electrons. The summed E-state index contributed by atoms with van der Waals surface area (Å²) >= 11 is 7.31. The van der Waals surface area contributed by atoms with Gasteiger partial charge in [-0.3, -0.25) is 13.9 Å². The molecule has 5 aromatic rings. The third-order valence-corrected chi connectivity index (χ3v) is 13.9. The molecule has 0 saturated carbocycles. The second kappa shape index (κ2) is 21.5. The van der Waals surface area contributed by atoms with Gasteiger partial charge in [0.1, 0.15) is 6.54 Å². The zero-order chi connectivity index (χ0) is 46.0. The van der Waals surface area contributed by atoms with Crippen LogP contribution in [-0.2, 0) is 25.0 Å². The van der Waals surface area contributed by atoms with E-state index in [0.29, 0.717) is 49.5 Å². The Hall–Kier alpha value is -5.37. The number of benzene rings is 5. The van der Waals surface area contributed by atoms with Crippen LogP contribution in [0.1, 0.15) is 63.5 Å². The van der Waals surface area contributed by atoms with Crippen molar-refractivity contribution in [1.29, 1.82) is 0 Å². The minimum Gasteiger partial charge on any atom is -0.345 e. The minimum absolute atomic E-state index is 0.131.